The number of hydrogen-bond donors (Lipinski definition) is 2. The van der Waals surface area contributed by atoms with Gasteiger partial charge in [0, 0.05) is 16.3 Å². The van der Waals surface area contributed by atoms with Gasteiger partial charge in [0.15, 0.2) is 0 Å². The molecule has 0 atom stereocenters. The zero-order valence-electron chi connectivity index (χ0n) is 15.8. The molecular formula is C20H25N3O3S. The first-order valence-corrected chi connectivity index (χ1v) is 9.86. The molecular weight excluding hydrogens is 362 g/mol. The highest BCUT2D eigenvalue weighted by Gasteiger charge is 2.13. The second-order valence-corrected chi connectivity index (χ2v) is 6.74. The first kappa shape index (κ1) is 20.8. The predicted octanol–water partition coefficient (Wildman–Crippen LogP) is 3.32. The van der Waals surface area contributed by atoms with Crippen LogP contribution in [0.3, 0.4) is 0 Å². The van der Waals surface area contributed by atoms with Crippen molar-refractivity contribution in [1.29, 1.82) is 0 Å². The summed E-state index contributed by atoms with van der Waals surface area (Å²) in [5, 5.41) is 5.70. The zero-order chi connectivity index (χ0) is 19.6. The van der Waals surface area contributed by atoms with Crippen LogP contribution in [0.5, 0.6) is 5.75 Å². The highest BCUT2D eigenvalue weighted by molar-refractivity contribution is 7.98. The van der Waals surface area contributed by atoms with Gasteiger partial charge in [-0.25, -0.2) is 0 Å². The molecule has 0 aliphatic rings. The van der Waals surface area contributed by atoms with Crippen LogP contribution in [0.25, 0.3) is 0 Å². The molecule has 0 fully saturated rings. The summed E-state index contributed by atoms with van der Waals surface area (Å²) in [5.74, 6) is 0.414. The van der Waals surface area contributed by atoms with Crippen molar-refractivity contribution in [2.75, 3.05) is 43.6 Å². The van der Waals surface area contributed by atoms with Crippen molar-refractivity contribution in [3.8, 4) is 5.75 Å². The van der Waals surface area contributed by atoms with Crippen LogP contribution in [-0.2, 0) is 9.59 Å². The van der Waals surface area contributed by atoms with Crippen molar-refractivity contribution in [2.24, 2.45) is 0 Å². The van der Waals surface area contributed by atoms with Crippen molar-refractivity contribution in [3.05, 3.63) is 48.5 Å². The molecule has 0 aromatic heterocycles. The van der Waals surface area contributed by atoms with Gasteiger partial charge >= 0.3 is 0 Å². The number of carbonyl (C=O) groups excluding carboxylic acids is 2. The zero-order valence-corrected chi connectivity index (χ0v) is 16.6. The minimum Gasteiger partial charge on any atom is -0.497 e. The highest BCUT2D eigenvalue weighted by atomic mass is 32.2. The van der Waals surface area contributed by atoms with E-state index in [0.29, 0.717) is 12.2 Å². The van der Waals surface area contributed by atoms with Crippen LogP contribution >= 0.6 is 11.8 Å². The fourth-order valence-electron chi connectivity index (χ4n) is 2.46. The summed E-state index contributed by atoms with van der Waals surface area (Å²) in [7, 11) is 1.59. The molecule has 7 heteroatoms. The normalized spacial score (nSPS) is 10.5. The Balaban J connectivity index is 1.85. The smallest absolute Gasteiger partial charge is 0.238 e. The number of rotatable bonds is 9. The third kappa shape index (κ3) is 6.96. The lowest BCUT2D eigenvalue weighted by Gasteiger charge is -2.19. The van der Waals surface area contributed by atoms with Crippen LogP contribution in [0.15, 0.2) is 53.4 Å². The predicted molar refractivity (Wildman–Crippen MR) is 111 cm³/mol. The molecule has 0 aliphatic carbocycles. The maximum atomic E-state index is 12.3. The van der Waals surface area contributed by atoms with E-state index in [-0.39, 0.29) is 24.9 Å². The summed E-state index contributed by atoms with van der Waals surface area (Å²) in [5.41, 5.74) is 1.45. The topological polar surface area (TPSA) is 70.7 Å². The van der Waals surface area contributed by atoms with Crippen molar-refractivity contribution in [1.82, 2.24) is 4.90 Å². The molecule has 2 aromatic carbocycles. The van der Waals surface area contributed by atoms with Gasteiger partial charge in [-0.05, 0) is 55.3 Å². The Kier molecular flexibility index (Phi) is 8.16. The quantitative estimate of drug-likeness (QED) is 0.646. The first-order chi connectivity index (χ1) is 13.0. The van der Waals surface area contributed by atoms with Crippen LogP contribution in [0.2, 0.25) is 0 Å². The van der Waals surface area contributed by atoms with Crippen LogP contribution < -0.4 is 15.4 Å². The lowest BCUT2D eigenvalue weighted by Crippen LogP contribution is -2.38. The van der Waals surface area contributed by atoms with Crippen LogP contribution in [0, 0.1) is 0 Å². The van der Waals surface area contributed by atoms with E-state index < -0.39 is 0 Å². The van der Waals surface area contributed by atoms with E-state index in [1.54, 1.807) is 48.0 Å². The van der Waals surface area contributed by atoms with E-state index in [1.807, 2.05) is 37.4 Å². The molecule has 144 valence electrons. The fourth-order valence-corrected chi connectivity index (χ4v) is 2.92. The summed E-state index contributed by atoms with van der Waals surface area (Å²) >= 11 is 1.62. The molecule has 0 heterocycles. The SMILES string of the molecule is CCN(CC(=O)Nc1ccc(OC)cc1)CC(=O)Nc1cccc(SC)c1. The Morgan fingerprint density at radius 3 is 2.19 bits per heavy atom. The molecule has 2 aromatic rings. The summed E-state index contributed by atoms with van der Waals surface area (Å²) in [6.45, 7) is 2.80. The van der Waals surface area contributed by atoms with Crippen molar-refractivity contribution >= 4 is 35.0 Å². The van der Waals surface area contributed by atoms with Gasteiger partial charge in [0.05, 0.1) is 20.2 Å². The fraction of sp³-hybridized carbons (Fsp3) is 0.300. The van der Waals surface area contributed by atoms with E-state index >= 15 is 0 Å². The Hall–Kier alpha value is -2.51. The van der Waals surface area contributed by atoms with Gasteiger partial charge in [-0.15, -0.1) is 11.8 Å². The number of ether oxygens (including phenoxy) is 1. The number of nitrogens with zero attached hydrogens (tertiary/aromatic N) is 1. The van der Waals surface area contributed by atoms with Gasteiger partial charge in [0.25, 0.3) is 0 Å². The third-order valence-electron chi connectivity index (χ3n) is 3.91. The Bertz CT molecular complexity index is 765. The Morgan fingerprint density at radius 2 is 1.63 bits per heavy atom. The average Bonchev–Trinajstić information content (AvgIpc) is 2.68. The van der Waals surface area contributed by atoms with Gasteiger partial charge in [-0.1, -0.05) is 13.0 Å². The Labute approximate surface area is 164 Å². The molecule has 0 radical (unpaired) electrons. The van der Waals surface area contributed by atoms with Gasteiger partial charge in [-0.2, -0.15) is 0 Å². The Morgan fingerprint density at radius 1 is 1.00 bits per heavy atom. The standard InChI is InChI=1S/C20H25N3O3S/c1-4-23(13-19(24)21-15-8-10-17(26-2)11-9-15)14-20(25)22-16-6-5-7-18(12-16)27-3/h5-12H,4,13-14H2,1-3H3,(H,21,24)(H,22,25). The average molecular weight is 388 g/mol. The van der Waals surface area contributed by atoms with Gasteiger partial charge < -0.3 is 15.4 Å². The molecule has 0 bridgehead atoms. The highest BCUT2D eigenvalue weighted by Crippen LogP contribution is 2.19. The molecule has 0 aliphatic heterocycles. The number of likely N-dealkylation sites (N-methyl/N-ethyl adjacent to an activating group) is 1. The van der Waals surface area contributed by atoms with Crippen molar-refractivity contribution in [3.63, 3.8) is 0 Å². The number of anilines is 2. The minimum absolute atomic E-state index is 0.140. The number of thioether (sulfide) groups is 1. The van der Waals surface area contributed by atoms with E-state index in [9.17, 15) is 9.59 Å². The largest absolute Gasteiger partial charge is 0.497 e. The minimum atomic E-state index is -0.167. The lowest BCUT2D eigenvalue weighted by molar-refractivity contribution is -0.119. The number of benzene rings is 2. The van der Waals surface area contributed by atoms with E-state index in [0.717, 1.165) is 16.3 Å². The van der Waals surface area contributed by atoms with E-state index in [2.05, 4.69) is 10.6 Å². The van der Waals surface area contributed by atoms with Crippen molar-refractivity contribution < 1.29 is 14.3 Å². The van der Waals surface area contributed by atoms with Crippen molar-refractivity contribution in [2.45, 2.75) is 11.8 Å². The maximum Gasteiger partial charge on any atom is 0.238 e. The second-order valence-electron chi connectivity index (χ2n) is 5.86. The van der Waals surface area contributed by atoms with Crippen LogP contribution in [0.4, 0.5) is 11.4 Å². The molecule has 0 unspecified atom stereocenters. The molecule has 0 saturated heterocycles. The molecule has 6 nitrogen and oxygen atoms in total. The molecule has 2 rings (SSSR count). The van der Waals surface area contributed by atoms with E-state index in [1.165, 1.54) is 0 Å². The molecule has 0 spiro atoms. The number of methoxy groups -OCH3 is 1. The van der Waals surface area contributed by atoms with Gasteiger partial charge in [0.1, 0.15) is 5.75 Å². The number of hydrogen-bond acceptors (Lipinski definition) is 5. The molecule has 2 N–H and O–H groups in total. The lowest BCUT2D eigenvalue weighted by atomic mass is 10.3. The third-order valence-corrected chi connectivity index (χ3v) is 4.63. The second kappa shape index (κ2) is 10.6. The number of amides is 2. The van der Waals surface area contributed by atoms with Gasteiger partial charge in [-0.3, -0.25) is 14.5 Å². The van der Waals surface area contributed by atoms with Gasteiger partial charge in [0.2, 0.25) is 11.8 Å². The van der Waals surface area contributed by atoms with Crippen LogP contribution in [0.1, 0.15) is 6.92 Å². The summed E-state index contributed by atoms with van der Waals surface area (Å²) in [4.78, 5) is 27.4. The number of nitrogens with one attached hydrogen (secondary N) is 2. The van der Waals surface area contributed by atoms with E-state index in [4.69, 9.17) is 4.74 Å². The summed E-state index contributed by atoms with van der Waals surface area (Å²) in [6, 6.07) is 14.8. The number of carbonyl (C=O) groups is 2. The summed E-state index contributed by atoms with van der Waals surface area (Å²) < 4.78 is 5.10. The van der Waals surface area contributed by atoms with Crippen LogP contribution in [-0.4, -0.2) is 49.7 Å². The molecule has 2 amide bonds. The first-order valence-electron chi connectivity index (χ1n) is 8.64. The summed E-state index contributed by atoms with van der Waals surface area (Å²) in [6.07, 6.45) is 1.99. The molecule has 0 saturated carbocycles. The maximum absolute atomic E-state index is 12.3. The monoisotopic (exact) mass is 387 g/mol. The molecule has 27 heavy (non-hydrogen) atoms.